The molecule has 0 spiro atoms. The largest absolute Gasteiger partial charge is 0.495 e. The van der Waals surface area contributed by atoms with Crippen LogP contribution in [0.5, 0.6) is 5.75 Å². The molecular weight excluding hydrogens is 344 g/mol. The Morgan fingerprint density at radius 3 is 2.42 bits per heavy atom. The summed E-state index contributed by atoms with van der Waals surface area (Å²) in [4.78, 5) is 23.5. The highest BCUT2D eigenvalue weighted by molar-refractivity contribution is 6.31. The molecule has 5 nitrogen and oxygen atoms in total. The number of carbonyl (C=O) groups excluding carboxylic acids is 2. The third kappa shape index (κ3) is 4.66. The van der Waals surface area contributed by atoms with Crippen LogP contribution in [0.25, 0.3) is 0 Å². The Bertz CT molecular complexity index is 762. The smallest absolute Gasteiger partial charge is 0.338 e. The molecule has 0 atom stereocenters. The Kier molecular flexibility index (Phi) is 5.70. The van der Waals surface area contributed by atoms with E-state index in [9.17, 15) is 18.4 Å². The van der Waals surface area contributed by atoms with Crippen molar-refractivity contribution < 1.29 is 27.8 Å². The van der Waals surface area contributed by atoms with Gasteiger partial charge < -0.3 is 14.8 Å². The lowest BCUT2D eigenvalue weighted by Gasteiger charge is -2.11. The van der Waals surface area contributed by atoms with Gasteiger partial charge in [-0.15, -0.1) is 0 Å². The highest BCUT2D eigenvalue weighted by Gasteiger charge is 2.14. The van der Waals surface area contributed by atoms with Gasteiger partial charge in [-0.1, -0.05) is 11.6 Å². The molecule has 126 valence electrons. The predicted molar refractivity (Wildman–Crippen MR) is 83.3 cm³/mol. The zero-order valence-electron chi connectivity index (χ0n) is 12.4. The minimum absolute atomic E-state index is 0.294. The molecule has 0 aliphatic carbocycles. The van der Waals surface area contributed by atoms with E-state index in [4.69, 9.17) is 21.1 Å². The Hall–Kier alpha value is -2.67. The SMILES string of the molecule is COc1ccc(Cl)cc1NC(=O)COC(=O)c1cc(F)cc(F)c1. The monoisotopic (exact) mass is 355 g/mol. The van der Waals surface area contributed by atoms with Gasteiger partial charge in [0.15, 0.2) is 6.61 Å². The van der Waals surface area contributed by atoms with E-state index < -0.39 is 30.1 Å². The van der Waals surface area contributed by atoms with Crippen LogP contribution in [0.15, 0.2) is 36.4 Å². The highest BCUT2D eigenvalue weighted by atomic mass is 35.5. The molecular formula is C16H12ClF2NO4. The third-order valence-electron chi connectivity index (χ3n) is 2.87. The summed E-state index contributed by atoms with van der Waals surface area (Å²) >= 11 is 5.83. The van der Waals surface area contributed by atoms with Gasteiger partial charge in [0.2, 0.25) is 0 Å². The van der Waals surface area contributed by atoms with Crippen molar-refractivity contribution >= 4 is 29.2 Å². The Balaban J connectivity index is 1.98. The molecule has 0 radical (unpaired) electrons. The van der Waals surface area contributed by atoms with Crippen molar-refractivity contribution in [2.75, 3.05) is 19.0 Å². The lowest BCUT2D eigenvalue weighted by atomic mass is 10.2. The molecule has 0 fully saturated rings. The van der Waals surface area contributed by atoms with Crippen LogP contribution in [-0.2, 0) is 9.53 Å². The number of carbonyl (C=O) groups is 2. The van der Waals surface area contributed by atoms with Gasteiger partial charge in [0, 0.05) is 11.1 Å². The van der Waals surface area contributed by atoms with Gasteiger partial charge in [-0.3, -0.25) is 4.79 Å². The average molecular weight is 356 g/mol. The third-order valence-corrected chi connectivity index (χ3v) is 3.10. The number of nitrogens with one attached hydrogen (secondary N) is 1. The first-order valence-corrected chi connectivity index (χ1v) is 7.03. The molecule has 0 unspecified atom stereocenters. The molecule has 1 N–H and O–H groups in total. The highest BCUT2D eigenvalue weighted by Crippen LogP contribution is 2.27. The summed E-state index contributed by atoms with van der Waals surface area (Å²) < 4.78 is 35.9. The standard InChI is InChI=1S/C16H12ClF2NO4/c1-23-14-3-2-10(17)6-13(14)20-15(21)8-24-16(22)9-4-11(18)7-12(19)5-9/h2-7H,8H2,1H3,(H,20,21). The molecule has 0 saturated heterocycles. The van der Waals surface area contributed by atoms with Gasteiger partial charge in [0.25, 0.3) is 5.91 Å². The molecule has 2 rings (SSSR count). The molecule has 1 amide bonds. The lowest BCUT2D eigenvalue weighted by molar-refractivity contribution is -0.119. The van der Waals surface area contributed by atoms with Crippen molar-refractivity contribution in [1.29, 1.82) is 0 Å². The van der Waals surface area contributed by atoms with Crippen molar-refractivity contribution in [2.45, 2.75) is 0 Å². The van der Waals surface area contributed by atoms with Crippen LogP contribution >= 0.6 is 11.6 Å². The number of benzene rings is 2. The molecule has 0 aliphatic heterocycles. The summed E-state index contributed by atoms with van der Waals surface area (Å²) in [5.74, 6) is -3.17. The van der Waals surface area contributed by atoms with Gasteiger partial charge in [0.1, 0.15) is 17.4 Å². The molecule has 2 aromatic rings. The lowest BCUT2D eigenvalue weighted by Crippen LogP contribution is -2.21. The average Bonchev–Trinajstić information content (AvgIpc) is 2.52. The fourth-order valence-corrected chi connectivity index (χ4v) is 2.02. The molecule has 24 heavy (non-hydrogen) atoms. The summed E-state index contributed by atoms with van der Waals surface area (Å²) in [6, 6.07) is 6.83. The van der Waals surface area contributed by atoms with Gasteiger partial charge >= 0.3 is 5.97 Å². The molecule has 0 saturated carbocycles. The molecule has 2 aromatic carbocycles. The Labute approximate surface area is 141 Å². The quantitative estimate of drug-likeness (QED) is 0.835. The van der Waals surface area contributed by atoms with Gasteiger partial charge in [-0.05, 0) is 30.3 Å². The summed E-state index contributed by atoms with van der Waals surface area (Å²) in [6.45, 7) is -0.646. The minimum Gasteiger partial charge on any atom is -0.495 e. The minimum atomic E-state index is -1.03. The number of rotatable bonds is 5. The Morgan fingerprint density at radius 2 is 1.79 bits per heavy atom. The molecule has 0 aromatic heterocycles. The number of esters is 1. The van der Waals surface area contributed by atoms with Crippen molar-refractivity contribution in [3.8, 4) is 5.75 Å². The first kappa shape index (κ1) is 17.7. The van der Waals surface area contributed by atoms with Crippen LogP contribution < -0.4 is 10.1 Å². The second kappa shape index (κ2) is 7.74. The van der Waals surface area contributed by atoms with Gasteiger partial charge in [0.05, 0.1) is 18.4 Å². The molecule has 0 heterocycles. The van der Waals surface area contributed by atoms with Crippen molar-refractivity contribution in [1.82, 2.24) is 0 Å². The number of halogens is 3. The van der Waals surface area contributed by atoms with Gasteiger partial charge in [-0.2, -0.15) is 0 Å². The van der Waals surface area contributed by atoms with Crippen LogP contribution in [0.3, 0.4) is 0 Å². The van der Waals surface area contributed by atoms with Crippen LogP contribution in [0.4, 0.5) is 14.5 Å². The second-order valence-corrected chi connectivity index (χ2v) is 5.06. The number of ether oxygens (including phenoxy) is 2. The van der Waals surface area contributed by atoms with E-state index in [2.05, 4.69) is 5.32 Å². The summed E-state index contributed by atoms with van der Waals surface area (Å²) in [5.41, 5.74) is -0.0384. The fourth-order valence-electron chi connectivity index (χ4n) is 1.85. The second-order valence-electron chi connectivity index (χ2n) is 4.63. The number of anilines is 1. The van der Waals surface area contributed by atoms with Crippen LogP contribution in [0.2, 0.25) is 5.02 Å². The van der Waals surface area contributed by atoms with Crippen molar-refractivity contribution in [3.63, 3.8) is 0 Å². The first-order chi connectivity index (χ1) is 11.4. The number of amides is 1. The van der Waals surface area contributed by atoms with Crippen molar-refractivity contribution in [2.24, 2.45) is 0 Å². The van der Waals surface area contributed by atoms with Crippen molar-refractivity contribution in [3.05, 3.63) is 58.6 Å². The van der Waals surface area contributed by atoms with E-state index in [1.165, 1.54) is 13.2 Å². The van der Waals surface area contributed by atoms with E-state index in [1.807, 2.05) is 0 Å². The van der Waals surface area contributed by atoms with E-state index in [-0.39, 0.29) is 5.56 Å². The van der Waals surface area contributed by atoms with Crippen LogP contribution in [0.1, 0.15) is 10.4 Å². The van der Waals surface area contributed by atoms with Gasteiger partial charge in [-0.25, -0.2) is 13.6 Å². The van der Waals surface area contributed by atoms with Crippen LogP contribution in [0, 0.1) is 11.6 Å². The van der Waals surface area contributed by atoms with E-state index in [0.717, 1.165) is 12.1 Å². The number of methoxy groups -OCH3 is 1. The van der Waals surface area contributed by atoms with E-state index >= 15 is 0 Å². The molecule has 0 bridgehead atoms. The zero-order chi connectivity index (χ0) is 17.7. The first-order valence-electron chi connectivity index (χ1n) is 6.65. The summed E-state index contributed by atoms with van der Waals surface area (Å²) in [7, 11) is 1.41. The summed E-state index contributed by atoms with van der Waals surface area (Å²) in [5, 5.41) is 2.83. The zero-order valence-corrected chi connectivity index (χ0v) is 13.2. The number of hydrogen-bond donors (Lipinski definition) is 1. The van der Waals surface area contributed by atoms with Crippen LogP contribution in [-0.4, -0.2) is 25.6 Å². The predicted octanol–water partition coefficient (Wildman–Crippen LogP) is 3.42. The topological polar surface area (TPSA) is 64.6 Å². The number of hydrogen-bond acceptors (Lipinski definition) is 4. The summed E-state index contributed by atoms with van der Waals surface area (Å²) in [6.07, 6.45) is 0. The maximum absolute atomic E-state index is 13.0. The van der Waals surface area contributed by atoms with E-state index in [0.29, 0.717) is 22.5 Å². The molecule has 0 aliphatic rings. The normalized spacial score (nSPS) is 10.2. The fraction of sp³-hybridized carbons (Fsp3) is 0.125. The maximum atomic E-state index is 13.0. The maximum Gasteiger partial charge on any atom is 0.338 e. The van der Waals surface area contributed by atoms with E-state index in [1.54, 1.807) is 12.1 Å². The Morgan fingerprint density at radius 1 is 1.12 bits per heavy atom. The molecule has 8 heteroatoms.